The Morgan fingerprint density at radius 3 is 2.14 bits per heavy atom. The summed E-state index contributed by atoms with van der Waals surface area (Å²) in [6.07, 6.45) is 2.34. The first-order valence-corrected chi connectivity index (χ1v) is 6.42. The Kier molecular flexibility index (Phi) is 4.96. The molecule has 0 saturated heterocycles. The molecule has 1 heterocycles. The number of aromatic carboxylic acids is 1. The van der Waals surface area contributed by atoms with Crippen LogP contribution in [0.3, 0.4) is 0 Å². The summed E-state index contributed by atoms with van der Waals surface area (Å²) >= 11 is 0. The molecule has 8 heteroatoms. The number of amides is 2. The summed E-state index contributed by atoms with van der Waals surface area (Å²) < 4.78 is 0. The van der Waals surface area contributed by atoms with Crippen molar-refractivity contribution in [2.24, 2.45) is 11.7 Å². The first-order chi connectivity index (χ1) is 9.74. The van der Waals surface area contributed by atoms with Crippen LogP contribution < -0.4 is 11.1 Å². The van der Waals surface area contributed by atoms with Crippen LogP contribution in [0.25, 0.3) is 0 Å². The highest BCUT2D eigenvalue weighted by Crippen LogP contribution is 2.21. The van der Waals surface area contributed by atoms with Gasteiger partial charge in [-0.2, -0.15) is 0 Å². The van der Waals surface area contributed by atoms with Crippen LogP contribution in [0.2, 0.25) is 0 Å². The molecular weight excluding hydrogens is 276 g/mol. The minimum absolute atomic E-state index is 0.0836. The maximum absolute atomic E-state index is 12.1. The van der Waals surface area contributed by atoms with Gasteiger partial charge in [-0.1, -0.05) is 20.8 Å². The van der Waals surface area contributed by atoms with Gasteiger partial charge in [-0.15, -0.1) is 0 Å². The van der Waals surface area contributed by atoms with E-state index in [1.807, 2.05) is 0 Å². The molecule has 114 valence electrons. The van der Waals surface area contributed by atoms with Gasteiger partial charge in [0, 0.05) is 0 Å². The summed E-state index contributed by atoms with van der Waals surface area (Å²) in [7, 11) is 0. The van der Waals surface area contributed by atoms with Crippen molar-refractivity contribution in [2.45, 2.75) is 32.7 Å². The Bertz CT molecular complexity index is 556. The van der Waals surface area contributed by atoms with Crippen molar-refractivity contribution in [2.75, 3.05) is 0 Å². The second kappa shape index (κ2) is 6.29. The highest BCUT2D eigenvalue weighted by molar-refractivity contribution is 5.97. The lowest BCUT2D eigenvalue weighted by atomic mass is 9.83. The predicted octanol–water partition coefficient (Wildman–Crippen LogP) is 0.195. The number of nitrogens with one attached hydrogen (secondary N) is 1. The normalized spacial score (nSPS) is 13.5. The van der Waals surface area contributed by atoms with Crippen molar-refractivity contribution in [1.29, 1.82) is 0 Å². The van der Waals surface area contributed by atoms with Crippen molar-refractivity contribution in [1.82, 2.24) is 15.3 Å². The van der Waals surface area contributed by atoms with E-state index < -0.39 is 23.3 Å². The molecule has 1 rings (SSSR count). The maximum Gasteiger partial charge on any atom is 0.356 e. The lowest BCUT2D eigenvalue weighted by Gasteiger charge is -2.34. The molecule has 1 aromatic heterocycles. The highest BCUT2D eigenvalue weighted by atomic mass is 16.4. The van der Waals surface area contributed by atoms with Crippen molar-refractivity contribution in [3.8, 4) is 0 Å². The molecule has 21 heavy (non-hydrogen) atoms. The molecule has 0 radical (unpaired) electrons. The monoisotopic (exact) mass is 294 g/mol. The zero-order valence-electron chi connectivity index (χ0n) is 12.1. The van der Waals surface area contributed by atoms with Crippen LogP contribution in [0.1, 0.15) is 48.2 Å². The fourth-order valence-corrected chi connectivity index (χ4v) is 1.98. The van der Waals surface area contributed by atoms with Gasteiger partial charge in [0.1, 0.15) is 11.2 Å². The fourth-order valence-electron chi connectivity index (χ4n) is 1.98. The summed E-state index contributed by atoms with van der Waals surface area (Å²) in [5.74, 6) is -2.72. The molecule has 0 bridgehead atoms. The number of hydrogen-bond acceptors (Lipinski definition) is 5. The maximum atomic E-state index is 12.1. The Balaban J connectivity index is 3.02. The van der Waals surface area contributed by atoms with Gasteiger partial charge in [0.05, 0.1) is 12.4 Å². The van der Waals surface area contributed by atoms with Gasteiger partial charge in [0.15, 0.2) is 5.69 Å². The summed E-state index contributed by atoms with van der Waals surface area (Å²) in [4.78, 5) is 41.8. The van der Waals surface area contributed by atoms with Crippen molar-refractivity contribution in [3.05, 3.63) is 23.8 Å². The van der Waals surface area contributed by atoms with Crippen molar-refractivity contribution in [3.63, 3.8) is 0 Å². The minimum Gasteiger partial charge on any atom is -0.476 e. The fraction of sp³-hybridized carbons (Fsp3) is 0.462. The number of carbonyl (C=O) groups excluding carboxylic acids is 2. The molecule has 0 unspecified atom stereocenters. The molecule has 8 nitrogen and oxygen atoms in total. The second-order valence-electron chi connectivity index (χ2n) is 4.89. The lowest BCUT2D eigenvalue weighted by Crippen LogP contribution is -2.60. The number of nitrogens with two attached hydrogens (primary N) is 1. The van der Waals surface area contributed by atoms with Gasteiger partial charge in [0.2, 0.25) is 5.91 Å². The molecule has 0 aliphatic carbocycles. The summed E-state index contributed by atoms with van der Waals surface area (Å²) in [6.45, 7) is 5.28. The van der Waals surface area contributed by atoms with E-state index in [1.165, 1.54) is 0 Å². The molecule has 4 N–H and O–H groups in total. The Morgan fingerprint density at radius 1 is 1.29 bits per heavy atom. The minimum atomic E-state index is -1.24. The molecule has 0 saturated carbocycles. The number of carbonyl (C=O) groups is 3. The van der Waals surface area contributed by atoms with E-state index in [0.717, 1.165) is 12.4 Å². The number of primary amides is 1. The van der Waals surface area contributed by atoms with Gasteiger partial charge in [-0.05, 0) is 12.3 Å². The van der Waals surface area contributed by atoms with Gasteiger partial charge in [0.25, 0.3) is 5.91 Å². The number of hydrogen-bond donors (Lipinski definition) is 3. The van der Waals surface area contributed by atoms with E-state index in [0.29, 0.717) is 6.42 Å². The van der Waals surface area contributed by atoms with E-state index >= 15 is 0 Å². The van der Waals surface area contributed by atoms with Gasteiger partial charge in [-0.3, -0.25) is 9.59 Å². The van der Waals surface area contributed by atoms with Crippen molar-refractivity contribution < 1.29 is 19.5 Å². The van der Waals surface area contributed by atoms with Crippen LogP contribution in [-0.4, -0.2) is 38.4 Å². The second-order valence-corrected chi connectivity index (χ2v) is 4.89. The van der Waals surface area contributed by atoms with Crippen LogP contribution in [-0.2, 0) is 4.79 Å². The smallest absolute Gasteiger partial charge is 0.356 e. The van der Waals surface area contributed by atoms with Crippen molar-refractivity contribution >= 4 is 17.8 Å². The van der Waals surface area contributed by atoms with E-state index in [4.69, 9.17) is 10.8 Å². The largest absolute Gasteiger partial charge is 0.476 e. The highest BCUT2D eigenvalue weighted by Gasteiger charge is 2.40. The summed E-state index contributed by atoms with van der Waals surface area (Å²) in [5, 5.41) is 11.3. The molecule has 2 amide bonds. The third kappa shape index (κ3) is 3.33. The number of nitrogens with zero attached hydrogens (tertiary/aromatic N) is 2. The molecule has 0 spiro atoms. The number of carboxylic acids is 1. The first kappa shape index (κ1) is 16.5. The van der Waals surface area contributed by atoms with Gasteiger partial charge < -0.3 is 16.2 Å². The third-order valence-corrected chi connectivity index (χ3v) is 3.42. The van der Waals surface area contributed by atoms with Crippen LogP contribution in [0.4, 0.5) is 0 Å². The molecule has 0 aromatic carbocycles. The third-order valence-electron chi connectivity index (χ3n) is 3.42. The van der Waals surface area contributed by atoms with Crippen LogP contribution in [0.5, 0.6) is 0 Å². The summed E-state index contributed by atoms with van der Waals surface area (Å²) in [6, 6.07) is 0. The number of aromatic nitrogens is 2. The average Bonchev–Trinajstić information content (AvgIpc) is 2.43. The molecule has 0 aliphatic heterocycles. The van der Waals surface area contributed by atoms with Gasteiger partial charge in [-0.25, -0.2) is 14.8 Å². The van der Waals surface area contributed by atoms with E-state index in [2.05, 4.69) is 15.3 Å². The first-order valence-electron chi connectivity index (χ1n) is 6.42. The standard InChI is InChI=1S/C13H18N4O4/c1-4-13(7(2)3,12(14)21)17-10(18)8-5-16-9(6-15-8)11(19)20/h5-7H,4H2,1-3H3,(H2,14,21)(H,17,18)(H,19,20)/t13-/m0/s1. The Labute approximate surface area is 121 Å². The molecule has 1 atom stereocenters. The van der Waals surface area contributed by atoms with Crippen LogP contribution in [0, 0.1) is 5.92 Å². The van der Waals surface area contributed by atoms with E-state index in [-0.39, 0.29) is 17.3 Å². The number of rotatable bonds is 6. The molecule has 1 aromatic rings. The van der Waals surface area contributed by atoms with E-state index in [1.54, 1.807) is 20.8 Å². The SMILES string of the molecule is CC[C@@](NC(=O)c1cnc(C(=O)O)cn1)(C(N)=O)C(C)C. The molecule has 0 fully saturated rings. The van der Waals surface area contributed by atoms with Gasteiger partial charge >= 0.3 is 5.97 Å². The predicted molar refractivity (Wildman–Crippen MR) is 73.5 cm³/mol. The molecular formula is C13H18N4O4. The Morgan fingerprint density at radius 2 is 1.81 bits per heavy atom. The topological polar surface area (TPSA) is 135 Å². The van der Waals surface area contributed by atoms with E-state index in [9.17, 15) is 14.4 Å². The Hall–Kier alpha value is -2.51. The average molecular weight is 294 g/mol. The quantitative estimate of drug-likeness (QED) is 0.685. The zero-order valence-corrected chi connectivity index (χ0v) is 12.1. The lowest BCUT2D eigenvalue weighted by molar-refractivity contribution is -0.126. The zero-order chi connectivity index (χ0) is 16.2. The molecule has 0 aliphatic rings. The van der Waals surface area contributed by atoms with Crippen LogP contribution >= 0.6 is 0 Å². The number of carboxylic acid groups (broad SMARTS) is 1. The van der Waals surface area contributed by atoms with Crippen LogP contribution in [0.15, 0.2) is 12.4 Å². The summed E-state index contributed by atoms with van der Waals surface area (Å²) in [5.41, 5.74) is 3.86.